The number of rotatable bonds is 5. The fourth-order valence-electron chi connectivity index (χ4n) is 2.97. The lowest BCUT2D eigenvalue weighted by Gasteiger charge is -2.13. The Morgan fingerprint density at radius 3 is 2.37 bits per heavy atom. The second-order valence-electron chi connectivity index (χ2n) is 8.56. The van der Waals surface area contributed by atoms with Gasteiger partial charge in [0, 0.05) is 34.8 Å². The van der Waals surface area contributed by atoms with E-state index in [0.717, 1.165) is 18.5 Å². The van der Waals surface area contributed by atoms with E-state index in [0.29, 0.717) is 22.9 Å². The first kappa shape index (κ1) is 19.8. The number of pyridine rings is 1. The summed E-state index contributed by atoms with van der Waals surface area (Å²) < 4.78 is 1.64. The minimum atomic E-state index is -0.257. The molecule has 7 heteroatoms. The molecule has 30 heavy (non-hydrogen) atoms. The van der Waals surface area contributed by atoms with Crippen LogP contribution < -0.4 is 10.6 Å². The molecule has 0 unspecified atom stereocenters. The molecule has 1 aliphatic carbocycles. The van der Waals surface area contributed by atoms with Crippen molar-refractivity contribution in [3.8, 4) is 5.82 Å². The Morgan fingerprint density at radius 2 is 1.77 bits per heavy atom. The molecule has 1 fully saturated rings. The molecule has 0 aliphatic heterocycles. The molecule has 7 nitrogen and oxygen atoms in total. The van der Waals surface area contributed by atoms with Crippen molar-refractivity contribution in [2.75, 3.05) is 10.6 Å². The molecule has 4 rings (SSSR count). The number of amides is 2. The smallest absolute Gasteiger partial charge is 0.256 e. The summed E-state index contributed by atoms with van der Waals surface area (Å²) >= 11 is 0. The summed E-state index contributed by atoms with van der Waals surface area (Å²) in [6.45, 7) is 6.20. The molecule has 3 aromatic rings. The molecule has 0 spiro atoms. The van der Waals surface area contributed by atoms with Gasteiger partial charge in [-0.3, -0.25) is 9.59 Å². The van der Waals surface area contributed by atoms with E-state index in [2.05, 4.69) is 41.5 Å². The molecular formula is C23H25N5O2. The number of hydrogen-bond donors (Lipinski definition) is 2. The molecule has 2 heterocycles. The van der Waals surface area contributed by atoms with Gasteiger partial charge in [-0.25, -0.2) is 4.98 Å². The van der Waals surface area contributed by atoms with Gasteiger partial charge >= 0.3 is 0 Å². The van der Waals surface area contributed by atoms with Crippen LogP contribution in [0.4, 0.5) is 11.5 Å². The highest BCUT2D eigenvalue weighted by Crippen LogP contribution is 2.30. The van der Waals surface area contributed by atoms with Gasteiger partial charge in [-0.1, -0.05) is 26.8 Å². The Hall–Kier alpha value is -3.48. The van der Waals surface area contributed by atoms with Crippen molar-refractivity contribution in [2.24, 2.45) is 5.92 Å². The Labute approximate surface area is 175 Å². The van der Waals surface area contributed by atoms with Gasteiger partial charge in [-0.05, 0) is 49.2 Å². The third-order valence-corrected chi connectivity index (χ3v) is 4.95. The summed E-state index contributed by atoms with van der Waals surface area (Å²) in [6.07, 6.45) is 3.59. The summed E-state index contributed by atoms with van der Waals surface area (Å²) in [4.78, 5) is 29.1. The number of carbonyl (C=O) groups is 2. The molecule has 1 saturated carbocycles. The summed E-state index contributed by atoms with van der Waals surface area (Å²) in [7, 11) is 0. The molecular weight excluding hydrogens is 378 g/mol. The van der Waals surface area contributed by atoms with Crippen LogP contribution in [0.2, 0.25) is 0 Å². The van der Waals surface area contributed by atoms with Crippen molar-refractivity contribution in [2.45, 2.75) is 39.0 Å². The summed E-state index contributed by atoms with van der Waals surface area (Å²) in [5.74, 6) is 1.10. The number of benzene rings is 1. The van der Waals surface area contributed by atoms with E-state index in [9.17, 15) is 9.59 Å². The lowest BCUT2D eigenvalue weighted by atomic mass is 9.92. The molecule has 1 aliphatic rings. The SMILES string of the molecule is CC(C)(C)c1cc(NC(=O)c2ccc(NC(=O)C3CC3)cc2)n(-c2ccccn2)n1. The van der Waals surface area contributed by atoms with Gasteiger partial charge in [0.1, 0.15) is 5.82 Å². The molecule has 0 radical (unpaired) electrons. The van der Waals surface area contributed by atoms with Crippen molar-refractivity contribution in [1.29, 1.82) is 0 Å². The van der Waals surface area contributed by atoms with Crippen LogP contribution in [0.5, 0.6) is 0 Å². The van der Waals surface area contributed by atoms with Crippen LogP contribution in [0.1, 0.15) is 49.7 Å². The van der Waals surface area contributed by atoms with Crippen LogP contribution in [0.3, 0.4) is 0 Å². The molecule has 2 amide bonds. The summed E-state index contributed by atoms with van der Waals surface area (Å²) in [6, 6.07) is 14.3. The normalized spacial score (nSPS) is 13.7. The summed E-state index contributed by atoms with van der Waals surface area (Å²) in [5.41, 5.74) is 1.85. The number of nitrogens with one attached hydrogen (secondary N) is 2. The highest BCUT2D eigenvalue weighted by molar-refractivity contribution is 6.04. The van der Waals surface area contributed by atoms with Crippen molar-refractivity contribution in [1.82, 2.24) is 14.8 Å². The number of nitrogens with zero attached hydrogens (tertiary/aromatic N) is 3. The first-order valence-electron chi connectivity index (χ1n) is 10.1. The van der Waals surface area contributed by atoms with Crippen LogP contribution in [0.25, 0.3) is 5.82 Å². The van der Waals surface area contributed by atoms with Gasteiger partial charge in [0.25, 0.3) is 5.91 Å². The topological polar surface area (TPSA) is 88.9 Å². The van der Waals surface area contributed by atoms with E-state index in [1.807, 2.05) is 24.3 Å². The predicted molar refractivity (Wildman–Crippen MR) is 116 cm³/mol. The zero-order valence-electron chi connectivity index (χ0n) is 17.3. The summed E-state index contributed by atoms with van der Waals surface area (Å²) in [5, 5.41) is 10.5. The monoisotopic (exact) mass is 403 g/mol. The van der Waals surface area contributed by atoms with E-state index >= 15 is 0 Å². The minimum Gasteiger partial charge on any atom is -0.326 e. The number of aromatic nitrogens is 3. The maximum absolute atomic E-state index is 12.8. The molecule has 0 saturated heterocycles. The van der Waals surface area contributed by atoms with E-state index in [4.69, 9.17) is 0 Å². The zero-order valence-corrected chi connectivity index (χ0v) is 17.3. The van der Waals surface area contributed by atoms with Crippen LogP contribution >= 0.6 is 0 Å². The third kappa shape index (κ3) is 4.40. The van der Waals surface area contributed by atoms with Crippen LogP contribution in [-0.2, 0) is 10.2 Å². The van der Waals surface area contributed by atoms with Gasteiger partial charge in [0.15, 0.2) is 5.82 Å². The van der Waals surface area contributed by atoms with Crippen LogP contribution in [0.15, 0.2) is 54.7 Å². The average molecular weight is 403 g/mol. The highest BCUT2D eigenvalue weighted by atomic mass is 16.2. The van der Waals surface area contributed by atoms with E-state index in [1.165, 1.54) is 0 Å². The maximum Gasteiger partial charge on any atom is 0.256 e. The Morgan fingerprint density at radius 1 is 1.03 bits per heavy atom. The standard InChI is InChI=1S/C23H25N5O2/c1-23(2,3)18-14-20(28(27-18)19-6-4-5-13-24-19)26-22(30)16-9-11-17(12-10-16)25-21(29)15-7-8-15/h4-6,9-15H,7-8H2,1-3H3,(H,25,29)(H,26,30). The number of hydrogen-bond acceptors (Lipinski definition) is 4. The predicted octanol–water partition coefficient (Wildman–Crippen LogP) is 4.17. The van der Waals surface area contributed by atoms with Crippen molar-refractivity contribution in [3.63, 3.8) is 0 Å². The molecule has 2 aromatic heterocycles. The van der Waals surface area contributed by atoms with E-state index in [-0.39, 0.29) is 23.1 Å². The second-order valence-corrected chi connectivity index (χ2v) is 8.56. The Balaban J connectivity index is 1.55. The largest absolute Gasteiger partial charge is 0.326 e. The van der Waals surface area contributed by atoms with Crippen molar-refractivity contribution in [3.05, 3.63) is 66.0 Å². The molecule has 0 bridgehead atoms. The van der Waals surface area contributed by atoms with Gasteiger partial charge in [0.2, 0.25) is 5.91 Å². The first-order chi connectivity index (χ1) is 14.3. The molecule has 0 atom stereocenters. The fourth-order valence-corrected chi connectivity index (χ4v) is 2.97. The molecule has 1 aromatic carbocycles. The fraction of sp³-hybridized carbons (Fsp3) is 0.304. The van der Waals surface area contributed by atoms with E-state index in [1.54, 1.807) is 35.1 Å². The van der Waals surface area contributed by atoms with Gasteiger partial charge < -0.3 is 10.6 Å². The first-order valence-corrected chi connectivity index (χ1v) is 10.1. The lowest BCUT2D eigenvalue weighted by molar-refractivity contribution is -0.117. The second kappa shape index (κ2) is 7.74. The van der Waals surface area contributed by atoms with Gasteiger partial charge in [-0.2, -0.15) is 9.78 Å². The Bertz CT molecular complexity index is 1060. The van der Waals surface area contributed by atoms with Crippen molar-refractivity contribution < 1.29 is 9.59 Å². The third-order valence-electron chi connectivity index (χ3n) is 4.95. The number of carbonyl (C=O) groups excluding carboxylic acids is 2. The van der Waals surface area contributed by atoms with Gasteiger partial charge in [-0.15, -0.1) is 0 Å². The van der Waals surface area contributed by atoms with Gasteiger partial charge in [0.05, 0.1) is 5.69 Å². The van der Waals surface area contributed by atoms with Crippen LogP contribution in [-0.4, -0.2) is 26.6 Å². The van der Waals surface area contributed by atoms with Crippen LogP contribution in [0, 0.1) is 5.92 Å². The maximum atomic E-state index is 12.8. The average Bonchev–Trinajstić information content (AvgIpc) is 3.49. The number of anilines is 2. The van der Waals surface area contributed by atoms with E-state index < -0.39 is 0 Å². The lowest BCUT2D eigenvalue weighted by Crippen LogP contribution is -2.16. The highest BCUT2D eigenvalue weighted by Gasteiger charge is 2.29. The Kier molecular flexibility index (Phi) is 5.11. The quantitative estimate of drug-likeness (QED) is 0.669. The molecule has 2 N–H and O–H groups in total. The minimum absolute atomic E-state index is 0.0428. The zero-order chi connectivity index (χ0) is 21.3. The van der Waals surface area contributed by atoms with Crippen molar-refractivity contribution >= 4 is 23.3 Å². The molecule has 154 valence electrons.